The van der Waals surface area contributed by atoms with Gasteiger partial charge in [-0.1, -0.05) is 18.2 Å². The third-order valence-electron chi connectivity index (χ3n) is 6.72. The summed E-state index contributed by atoms with van der Waals surface area (Å²) in [4.78, 5) is 28.3. The van der Waals surface area contributed by atoms with Crippen molar-refractivity contribution in [3.8, 4) is 22.8 Å². The number of rotatable bonds is 3. The standard InChI is InChI=1S/C29H21FN4O3/c30-22-4-1-5-23-27(22)28(33-16-32-23)18-7-11-24-17(13-18)6-10-25(19-3-2-12-31-15-19)34(24)29(37)21-9-8-20(35)14-26(21)36/h1-5,7-9,11-16,25,35-36H,6,10H2. The van der Waals surface area contributed by atoms with Gasteiger partial charge < -0.3 is 15.1 Å². The summed E-state index contributed by atoms with van der Waals surface area (Å²) in [6.07, 6.45) is 6.11. The van der Waals surface area contributed by atoms with Crippen LogP contribution in [0.1, 0.15) is 33.9 Å². The minimum atomic E-state index is -0.404. The average Bonchev–Trinajstić information content (AvgIpc) is 2.92. The fourth-order valence-corrected chi connectivity index (χ4v) is 5.01. The largest absolute Gasteiger partial charge is 0.508 e. The Bertz CT molecular complexity index is 1650. The van der Waals surface area contributed by atoms with Gasteiger partial charge in [-0.15, -0.1) is 0 Å². The Balaban J connectivity index is 1.49. The zero-order chi connectivity index (χ0) is 25.5. The maximum Gasteiger partial charge on any atom is 0.262 e. The molecule has 2 N–H and O–H groups in total. The number of aromatic nitrogens is 3. The Hall–Kier alpha value is -4.85. The van der Waals surface area contributed by atoms with E-state index in [2.05, 4.69) is 15.0 Å². The molecule has 0 saturated carbocycles. The van der Waals surface area contributed by atoms with Crippen LogP contribution in [0.25, 0.3) is 22.2 Å². The number of nitrogens with zero attached hydrogens (tertiary/aromatic N) is 4. The van der Waals surface area contributed by atoms with Crippen LogP contribution in [0.15, 0.2) is 85.5 Å². The molecule has 1 aliphatic heterocycles. The van der Waals surface area contributed by atoms with Crippen molar-refractivity contribution in [2.45, 2.75) is 18.9 Å². The molecule has 2 aromatic heterocycles. The van der Waals surface area contributed by atoms with Gasteiger partial charge in [0.15, 0.2) is 0 Å². The number of carbonyl (C=O) groups excluding carboxylic acids is 1. The van der Waals surface area contributed by atoms with E-state index < -0.39 is 11.7 Å². The molecule has 0 aliphatic carbocycles. The monoisotopic (exact) mass is 492 g/mol. The summed E-state index contributed by atoms with van der Waals surface area (Å²) in [5, 5.41) is 20.5. The number of aromatic hydroxyl groups is 2. The molecule has 3 heterocycles. The van der Waals surface area contributed by atoms with Crippen LogP contribution in [0, 0.1) is 5.82 Å². The highest BCUT2D eigenvalue weighted by Crippen LogP contribution is 2.42. The molecule has 37 heavy (non-hydrogen) atoms. The predicted octanol–water partition coefficient (Wildman–Crippen LogP) is 5.58. The first-order chi connectivity index (χ1) is 18.0. The molecule has 182 valence electrons. The smallest absolute Gasteiger partial charge is 0.262 e. The van der Waals surface area contributed by atoms with E-state index in [1.807, 2.05) is 30.3 Å². The highest BCUT2D eigenvalue weighted by atomic mass is 19.1. The van der Waals surface area contributed by atoms with E-state index in [9.17, 15) is 19.4 Å². The predicted molar refractivity (Wildman–Crippen MR) is 137 cm³/mol. The number of hydrogen-bond donors (Lipinski definition) is 2. The number of anilines is 1. The van der Waals surface area contributed by atoms with Crippen LogP contribution in [0.4, 0.5) is 10.1 Å². The number of fused-ring (bicyclic) bond motifs is 2. The summed E-state index contributed by atoms with van der Waals surface area (Å²) in [7, 11) is 0. The molecule has 7 nitrogen and oxygen atoms in total. The molecule has 0 radical (unpaired) electrons. The molecule has 1 unspecified atom stereocenters. The number of aryl methyl sites for hydroxylation is 1. The molecular formula is C29H21FN4O3. The fourth-order valence-electron chi connectivity index (χ4n) is 5.01. The highest BCUT2D eigenvalue weighted by molar-refractivity contribution is 6.09. The van der Waals surface area contributed by atoms with E-state index >= 15 is 0 Å². The van der Waals surface area contributed by atoms with Crippen molar-refractivity contribution in [2.24, 2.45) is 0 Å². The second-order valence-corrected chi connectivity index (χ2v) is 8.92. The number of phenolic OH excluding ortho intramolecular Hbond substituents is 2. The normalized spacial score (nSPS) is 14.9. The molecule has 0 spiro atoms. The van der Waals surface area contributed by atoms with Crippen LogP contribution in [-0.4, -0.2) is 31.1 Å². The van der Waals surface area contributed by atoms with Crippen molar-refractivity contribution in [3.63, 3.8) is 0 Å². The van der Waals surface area contributed by atoms with Gasteiger partial charge in [-0.2, -0.15) is 0 Å². The average molecular weight is 493 g/mol. The number of pyridine rings is 1. The molecular weight excluding hydrogens is 471 g/mol. The molecule has 1 atom stereocenters. The summed E-state index contributed by atoms with van der Waals surface area (Å²) in [5.74, 6) is -1.24. The van der Waals surface area contributed by atoms with E-state index in [1.165, 1.54) is 24.5 Å². The summed E-state index contributed by atoms with van der Waals surface area (Å²) >= 11 is 0. The maximum atomic E-state index is 14.8. The minimum absolute atomic E-state index is 0.0764. The van der Waals surface area contributed by atoms with E-state index in [4.69, 9.17) is 0 Å². The Kier molecular flexibility index (Phi) is 5.49. The Labute approximate surface area is 211 Å². The van der Waals surface area contributed by atoms with Crippen LogP contribution >= 0.6 is 0 Å². The van der Waals surface area contributed by atoms with Gasteiger partial charge in [0, 0.05) is 29.7 Å². The molecule has 5 aromatic rings. The van der Waals surface area contributed by atoms with Gasteiger partial charge in [0.05, 0.1) is 28.2 Å². The van der Waals surface area contributed by atoms with Crippen molar-refractivity contribution in [1.82, 2.24) is 15.0 Å². The molecule has 0 fully saturated rings. The van der Waals surface area contributed by atoms with Crippen molar-refractivity contribution >= 4 is 22.5 Å². The van der Waals surface area contributed by atoms with Crippen LogP contribution in [0.2, 0.25) is 0 Å². The van der Waals surface area contributed by atoms with Crippen molar-refractivity contribution in [2.75, 3.05) is 4.90 Å². The lowest BCUT2D eigenvalue weighted by atomic mass is 9.89. The second-order valence-electron chi connectivity index (χ2n) is 8.92. The van der Waals surface area contributed by atoms with E-state index in [0.29, 0.717) is 35.1 Å². The number of carbonyl (C=O) groups is 1. The lowest BCUT2D eigenvalue weighted by Gasteiger charge is -2.38. The molecule has 3 aromatic carbocycles. The Morgan fingerprint density at radius 1 is 1.00 bits per heavy atom. The van der Waals surface area contributed by atoms with Crippen molar-refractivity contribution < 1.29 is 19.4 Å². The van der Waals surface area contributed by atoms with Crippen LogP contribution in [0.3, 0.4) is 0 Å². The van der Waals surface area contributed by atoms with Crippen LogP contribution < -0.4 is 4.90 Å². The zero-order valence-corrected chi connectivity index (χ0v) is 19.5. The zero-order valence-electron chi connectivity index (χ0n) is 19.5. The Morgan fingerprint density at radius 2 is 1.89 bits per heavy atom. The van der Waals surface area contributed by atoms with Crippen LogP contribution in [0.5, 0.6) is 11.5 Å². The SMILES string of the molecule is O=C(c1ccc(O)cc1O)N1c2ccc(-c3ncnc4cccc(F)c34)cc2CCC1c1cccnc1. The van der Waals surface area contributed by atoms with Gasteiger partial charge in [-0.05, 0) is 66.4 Å². The number of halogens is 1. The molecule has 0 bridgehead atoms. The highest BCUT2D eigenvalue weighted by Gasteiger charge is 2.34. The summed E-state index contributed by atoms with van der Waals surface area (Å²) in [6.45, 7) is 0. The second kappa shape index (κ2) is 8.98. The third-order valence-corrected chi connectivity index (χ3v) is 6.72. The maximum absolute atomic E-state index is 14.8. The minimum Gasteiger partial charge on any atom is -0.508 e. The molecule has 6 rings (SSSR count). The quantitative estimate of drug-likeness (QED) is 0.341. The first-order valence-electron chi connectivity index (χ1n) is 11.8. The number of benzene rings is 3. The first kappa shape index (κ1) is 22.6. The van der Waals surface area contributed by atoms with Gasteiger partial charge in [-0.3, -0.25) is 9.78 Å². The third kappa shape index (κ3) is 3.92. The lowest BCUT2D eigenvalue weighted by molar-refractivity contribution is 0.0970. The summed E-state index contributed by atoms with van der Waals surface area (Å²) < 4.78 is 14.8. The molecule has 1 aliphatic rings. The van der Waals surface area contributed by atoms with E-state index in [1.54, 1.807) is 29.4 Å². The van der Waals surface area contributed by atoms with Gasteiger partial charge in [0.1, 0.15) is 23.6 Å². The van der Waals surface area contributed by atoms with Crippen molar-refractivity contribution in [1.29, 1.82) is 0 Å². The van der Waals surface area contributed by atoms with E-state index in [-0.39, 0.29) is 23.1 Å². The first-order valence-corrected chi connectivity index (χ1v) is 11.8. The Morgan fingerprint density at radius 3 is 2.70 bits per heavy atom. The molecule has 1 amide bonds. The van der Waals surface area contributed by atoms with Gasteiger partial charge in [-0.25, -0.2) is 14.4 Å². The number of amides is 1. The number of phenols is 2. The molecule has 8 heteroatoms. The van der Waals surface area contributed by atoms with Gasteiger partial charge in [0.25, 0.3) is 5.91 Å². The number of hydrogen-bond acceptors (Lipinski definition) is 6. The van der Waals surface area contributed by atoms with Crippen molar-refractivity contribution in [3.05, 3.63) is 108 Å². The summed E-state index contributed by atoms with van der Waals surface area (Å²) in [5.41, 5.74) is 4.23. The topological polar surface area (TPSA) is 99.4 Å². The lowest BCUT2D eigenvalue weighted by Crippen LogP contribution is -2.38. The summed E-state index contributed by atoms with van der Waals surface area (Å²) in [6, 6.07) is 17.7. The van der Waals surface area contributed by atoms with E-state index in [0.717, 1.165) is 22.8 Å². The fraction of sp³-hybridized carbons (Fsp3) is 0.103. The van der Waals surface area contributed by atoms with Gasteiger partial charge in [0.2, 0.25) is 0 Å². The van der Waals surface area contributed by atoms with Gasteiger partial charge >= 0.3 is 0 Å². The molecule has 0 saturated heterocycles. The van der Waals surface area contributed by atoms with Crippen LogP contribution in [-0.2, 0) is 6.42 Å².